The molecule has 0 aliphatic carbocycles. The van der Waals surface area contributed by atoms with E-state index in [1.54, 1.807) is 12.1 Å². The molecule has 6 heteroatoms. The lowest BCUT2D eigenvalue weighted by atomic mass is 10.2. The zero-order valence-corrected chi connectivity index (χ0v) is 13.0. The van der Waals surface area contributed by atoms with E-state index >= 15 is 0 Å². The Kier molecular flexibility index (Phi) is 5.06. The second-order valence-electron chi connectivity index (χ2n) is 5.16. The highest BCUT2D eigenvalue weighted by atomic mass is 16.6. The lowest BCUT2D eigenvalue weighted by Gasteiger charge is -2.36. The normalized spacial score (nSPS) is 12.2. The van der Waals surface area contributed by atoms with Crippen molar-refractivity contribution in [3.63, 3.8) is 0 Å². The molecule has 1 atom stereocenters. The van der Waals surface area contributed by atoms with Crippen LogP contribution in [-0.4, -0.2) is 35.1 Å². The summed E-state index contributed by atoms with van der Waals surface area (Å²) in [6.07, 6.45) is 2.25. The third-order valence-corrected chi connectivity index (χ3v) is 3.49. The van der Waals surface area contributed by atoms with Crippen LogP contribution < -0.4 is 4.90 Å². The fourth-order valence-corrected chi connectivity index (χ4v) is 2.56. The van der Waals surface area contributed by atoms with Crippen molar-refractivity contribution in [1.82, 2.24) is 9.88 Å². The molecule has 6 nitrogen and oxygen atoms in total. The highest BCUT2D eigenvalue weighted by molar-refractivity contribution is 5.70. The molecule has 0 saturated heterocycles. The van der Waals surface area contributed by atoms with Crippen molar-refractivity contribution in [3.8, 4) is 0 Å². The lowest BCUT2D eigenvalue weighted by molar-refractivity contribution is -0.388. The average molecular weight is 300 g/mol. The topological polar surface area (TPSA) is 62.5 Å². The summed E-state index contributed by atoms with van der Waals surface area (Å²) in [6.45, 7) is 2.06. The molecule has 0 spiro atoms. The summed E-state index contributed by atoms with van der Waals surface area (Å²) in [5.74, 6) is -0.133. The van der Waals surface area contributed by atoms with Crippen LogP contribution in [0.2, 0.25) is 0 Å². The highest BCUT2D eigenvalue weighted by Gasteiger charge is 2.28. The van der Waals surface area contributed by atoms with Gasteiger partial charge in [0.15, 0.2) is 0 Å². The van der Waals surface area contributed by atoms with Gasteiger partial charge >= 0.3 is 5.82 Å². The van der Waals surface area contributed by atoms with E-state index in [4.69, 9.17) is 0 Å². The predicted molar refractivity (Wildman–Crippen MR) is 87.2 cm³/mol. The monoisotopic (exact) mass is 300 g/mol. The summed E-state index contributed by atoms with van der Waals surface area (Å²) in [4.78, 5) is 18.9. The Morgan fingerprint density at radius 2 is 1.86 bits per heavy atom. The van der Waals surface area contributed by atoms with Crippen LogP contribution in [0.5, 0.6) is 0 Å². The fourth-order valence-electron chi connectivity index (χ4n) is 2.56. The first kappa shape index (κ1) is 15.9. The maximum absolute atomic E-state index is 11.3. The van der Waals surface area contributed by atoms with Crippen LogP contribution in [0.25, 0.3) is 0 Å². The van der Waals surface area contributed by atoms with Crippen molar-refractivity contribution >= 4 is 17.2 Å². The van der Waals surface area contributed by atoms with Crippen LogP contribution in [-0.2, 0) is 0 Å². The average Bonchev–Trinajstić information content (AvgIpc) is 2.53. The van der Waals surface area contributed by atoms with Gasteiger partial charge in [0.05, 0.1) is 6.17 Å². The Bertz CT molecular complexity index is 631. The number of aromatic nitrogens is 1. The zero-order chi connectivity index (χ0) is 16.1. The third-order valence-electron chi connectivity index (χ3n) is 3.49. The van der Waals surface area contributed by atoms with Gasteiger partial charge in [0, 0.05) is 5.69 Å². The third kappa shape index (κ3) is 3.23. The van der Waals surface area contributed by atoms with E-state index in [0.717, 1.165) is 12.1 Å². The minimum atomic E-state index is -0.437. The van der Waals surface area contributed by atoms with Gasteiger partial charge in [-0.05, 0) is 54.7 Å². The van der Waals surface area contributed by atoms with Crippen molar-refractivity contribution in [2.75, 3.05) is 19.0 Å². The highest BCUT2D eigenvalue weighted by Crippen LogP contribution is 2.34. The van der Waals surface area contributed by atoms with E-state index < -0.39 is 4.92 Å². The number of anilines is 2. The number of para-hydroxylation sites is 1. The van der Waals surface area contributed by atoms with Crippen LogP contribution in [0.15, 0.2) is 48.7 Å². The second kappa shape index (κ2) is 7.00. The first-order valence-electron chi connectivity index (χ1n) is 7.16. The van der Waals surface area contributed by atoms with Gasteiger partial charge in [-0.15, -0.1) is 0 Å². The molecule has 0 aliphatic rings. The minimum absolute atomic E-state index is 0.00898. The molecule has 2 aromatic rings. The van der Waals surface area contributed by atoms with Crippen molar-refractivity contribution in [2.24, 2.45) is 0 Å². The number of hydrogen-bond donors (Lipinski definition) is 0. The summed E-state index contributed by atoms with van der Waals surface area (Å²) >= 11 is 0. The van der Waals surface area contributed by atoms with E-state index in [2.05, 4.69) is 11.9 Å². The quantitative estimate of drug-likeness (QED) is 0.464. The molecule has 0 amide bonds. The summed E-state index contributed by atoms with van der Waals surface area (Å²) < 4.78 is 0. The Morgan fingerprint density at radius 1 is 1.18 bits per heavy atom. The molecule has 1 heterocycles. The predicted octanol–water partition coefficient (Wildman–Crippen LogP) is 3.43. The van der Waals surface area contributed by atoms with Crippen LogP contribution in [0.4, 0.5) is 17.2 Å². The van der Waals surface area contributed by atoms with Gasteiger partial charge in [0.25, 0.3) is 0 Å². The molecular weight excluding hydrogens is 280 g/mol. The number of pyridine rings is 1. The minimum Gasteiger partial charge on any atom is -0.358 e. The van der Waals surface area contributed by atoms with Crippen LogP contribution in [0, 0.1) is 10.1 Å². The first-order chi connectivity index (χ1) is 10.6. The molecule has 22 heavy (non-hydrogen) atoms. The lowest BCUT2D eigenvalue weighted by Crippen LogP contribution is -2.42. The second-order valence-corrected chi connectivity index (χ2v) is 5.16. The maximum Gasteiger partial charge on any atom is 0.387 e. The van der Waals surface area contributed by atoms with E-state index in [1.165, 1.54) is 6.20 Å². The molecule has 0 bridgehead atoms. The van der Waals surface area contributed by atoms with Crippen molar-refractivity contribution in [3.05, 3.63) is 58.8 Å². The Balaban J connectivity index is 2.62. The molecule has 0 aliphatic heterocycles. The van der Waals surface area contributed by atoms with Crippen LogP contribution >= 0.6 is 0 Å². The standard InChI is InChI=1S/C16H20N4O2/c1-4-15(18(2)3)19(13-9-6-5-7-10-13)14-11-8-12-17-16(14)20(21)22/h5-12,15H,4H2,1-3H3. The van der Waals surface area contributed by atoms with Crippen LogP contribution in [0.1, 0.15) is 13.3 Å². The number of nitro groups is 1. The molecule has 0 radical (unpaired) electrons. The largest absolute Gasteiger partial charge is 0.387 e. The van der Waals surface area contributed by atoms with E-state index in [-0.39, 0.29) is 12.0 Å². The number of benzene rings is 1. The molecule has 0 saturated carbocycles. The molecular formula is C16H20N4O2. The van der Waals surface area contributed by atoms with Crippen molar-refractivity contribution < 1.29 is 4.92 Å². The number of rotatable bonds is 6. The number of nitrogens with zero attached hydrogens (tertiary/aromatic N) is 4. The number of hydrogen-bond acceptors (Lipinski definition) is 5. The van der Waals surface area contributed by atoms with E-state index in [9.17, 15) is 10.1 Å². The van der Waals surface area contributed by atoms with Gasteiger partial charge in [-0.3, -0.25) is 4.90 Å². The molecule has 2 rings (SSSR count). The molecule has 116 valence electrons. The van der Waals surface area contributed by atoms with Gasteiger partial charge in [-0.2, -0.15) is 0 Å². The van der Waals surface area contributed by atoms with E-state index in [0.29, 0.717) is 5.69 Å². The summed E-state index contributed by atoms with van der Waals surface area (Å²) in [6, 6.07) is 13.1. The molecule has 1 aromatic carbocycles. The summed E-state index contributed by atoms with van der Waals surface area (Å²) in [5.41, 5.74) is 1.40. The summed E-state index contributed by atoms with van der Waals surface area (Å²) in [5, 5.41) is 11.3. The van der Waals surface area contributed by atoms with Crippen LogP contribution in [0.3, 0.4) is 0 Å². The van der Waals surface area contributed by atoms with Crippen molar-refractivity contribution in [2.45, 2.75) is 19.5 Å². The maximum atomic E-state index is 11.3. The van der Waals surface area contributed by atoms with Gasteiger partial charge < -0.3 is 15.0 Å². The Labute approximate surface area is 130 Å². The van der Waals surface area contributed by atoms with Gasteiger partial charge in [0.1, 0.15) is 11.9 Å². The Morgan fingerprint density at radius 3 is 2.41 bits per heavy atom. The SMILES string of the molecule is CCC(N(C)C)N(c1ccccc1)c1cccnc1[N+](=O)[O-]. The molecule has 0 fully saturated rings. The molecule has 1 aromatic heterocycles. The van der Waals surface area contributed by atoms with Crippen molar-refractivity contribution in [1.29, 1.82) is 0 Å². The van der Waals surface area contributed by atoms with Gasteiger partial charge in [-0.25, -0.2) is 0 Å². The smallest absolute Gasteiger partial charge is 0.358 e. The van der Waals surface area contributed by atoms with Gasteiger partial charge in [0.2, 0.25) is 0 Å². The van der Waals surface area contributed by atoms with Gasteiger partial charge in [-0.1, -0.05) is 25.1 Å². The zero-order valence-electron chi connectivity index (χ0n) is 13.0. The first-order valence-corrected chi connectivity index (χ1v) is 7.16. The summed E-state index contributed by atoms with van der Waals surface area (Å²) in [7, 11) is 3.93. The fraction of sp³-hybridized carbons (Fsp3) is 0.312. The Hall–Kier alpha value is -2.47. The van der Waals surface area contributed by atoms with E-state index in [1.807, 2.05) is 54.2 Å². The molecule has 0 N–H and O–H groups in total. The molecule has 1 unspecified atom stereocenters.